The summed E-state index contributed by atoms with van der Waals surface area (Å²) in [4.78, 5) is 13.5. The number of carboxylic acid groups (broad SMARTS) is 1. The molecule has 0 spiro atoms. The SMILES string of the molecule is COCCCCCCCOC1CCN(c2ccc(-c3nnc(-c4ccc(C(=O)O)cc4)s3)cc2)CC1. The number of hydrogen-bond donors (Lipinski definition) is 1. The normalized spacial score (nSPS) is 14.3. The zero-order valence-electron chi connectivity index (χ0n) is 20.9. The highest BCUT2D eigenvalue weighted by molar-refractivity contribution is 7.17. The van der Waals surface area contributed by atoms with Gasteiger partial charge in [0, 0.05) is 50.2 Å². The number of nitrogens with zero attached hydrogens (tertiary/aromatic N) is 3. The molecule has 1 saturated heterocycles. The van der Waals surface area contributed by atoms with E-state index in [1.165, 1.54) is 36.3 Å². The van der Waals surface area contributed by atoms with Crippen molar-refractivity contribution in [1.29, 1.82) is 0 Å². The molecule has 7 nitrogen and oxygen atoms in total. The molecule has 36 heavy (non-hydrogen) atoms. The minimum atomic E-state index is -0.934. The summed E-state index contributed by atoms with van der Waals surface area (Å²) in [5.74, 6) is -0.934. The van der Waals surface area contributed by atoms with E-state index in [0.717, 1.165) is 73.1 Å². The summed E-state index contributed by atoms with van der Waals surface area (Å²) in [6, 6.07) is 15.2. The van der Waals surface area contributed by atoms with Crippen LogP contribution in [0.15, 0.2) is 48.5 Å². The molecule has 0 aliphatic carbocycles. The van der Waals surface area contributed by atoms with Crippen LogP contribution in [0.3, 0.4) is 0 Å². The van der Waals surface area contributed by atoms with Crippen LogP contribution >= 0.6 is 11.3 Å². The Morgan fingerprint density at radius 1 is 0.889 bits per heavy atom. The lowest BCUT2D eigenvalue weighted by Crippen LogP contribution is -2.37. The molecule has 3 aromatic rings. The summed E-state index contributed by atoms with van der Waals surface area (Å²) in [6.45, 7) is 3.76. The van der Waals surface area contributed by atoms with E-state index in [4.69, 9.17) is 14.6 Å². The van der Waals surface area contributed by atoms with Gasteiger partial charge in [-0.3, -0.25) is 0 Å². The van der Waals surface area contributed by atoms with Gasteiger partial charge in [-0.2, -0.15) is 0 Å². The molecule has 1 aliphatic rings. The molecule has 2 heterocycles. The van der Waals surface area contributed by atoms with Crippen molar-refractivity contribution in [3.8, 4) is 21.1 Å². The van der Waals surface area contributed by atoms with Gasteiger partial charge in [-0.15, -0.1) is 10.2 Å². The highest BCUT2D eigenvalue weighted by atomic mass is 32.1. The van der Waals surface area contributed by atoms with E-state index in [0.29, 0.717) is 6.10 Å². The number of benzene rings is 2. The largest absolute Gasteiger partial charge is 0.478 e. The van der Waals surface area contributed by atoms with Crippen molar-refractivity contribution in [1.82, 2.24) is 10.2 Å². The monoisotopic (exact) mass is 509 g/mol. The molecule has 0 radical (unpaired) electrons. The third-order valence-electron chi connectivity index (χ3n) is 6.57. The molecule has 0 bridgehead atoms. The van der Waals surface area contributed by atoms with Crippen molar-refractivity contribution in [3.63, 3.8) is 0 Å². The molecule has 4 rings (SSSR count). The predicted molar refractivity (Wildman–Crippen MR) is 144 cm³/mol. The Hall–Kier alpha value is -2.81. The number of ether oxygens (including phenoxy) is 2. The first-order chi connectivity index (χ1) is 17.6. The minimum Gasteiger partial charge on any atom is -0.478 e. The second-order valence-corrected chi connectivity index (χ2v) is 10.1. The number of aromatic nitrogens is 2. The molecule has 0 unspecified atom stereocenters. The smallest absolute Gasteiger partial charge is 0.335 e. The zero-order chi connectivity index (χ0) is 25.2. The highest BCUT2D eigenvalue weighted by Crippen LogP contribution is 2.31. The van der Waals surface area contributed by atoms with Gasteiger partial charge in [-0.25, -0.2) is 4.79 Å². The molecule has 1 aromatic heterocycles. The molecule has 2 aromatic carbocycles. The Bertz CT molecular complexity index is 1080. The van der Waals surface area contributed by atoms with Gasteiger partial charge in [0.1, 0.15) is 10.0 Å². The summed E-state index contributed by atoms with van der Waals surface area (Å²) in [5, 5.41) is 19.4. The van der Waals surface area contributed by atoms with Crippen LogP contribution in [0.4, 0.5) is 5.69 Å². The van der Waals surface area contributed by atoms with Gasteiger partial charge in [-0.1, -0.05) is 42.7 Å². The summed E-state index contributed by atoms with van der Waals surface area (Å²) >= 11 is 1.51. The minimum absolute atomic E-state index is 0.263. The van der Waals surface area contributed by atoms with Crippen LogP contribution in [0.25, 0.3) is 21.1 Å². The van der Waals surface area contributed by atoms with E-state index in [1.807, 2.05) is 0 Å². The molecule has 8 heteroatoms. The maximum absolute atomic E-state index is 11.1. The third-order valence-corrected chi connectivity index (χ3v) is 7.59. The summed E-state index contributed by atoms with van der Waals surface area (Å²) in [7, 11) is 1.76. The fourth-order valence-corrected chi connectivity index (χ4v) is 5.29. The quantitative estimate of drug-likeness (QED) is 0.277. The second kappa shape index (κ2) is 13.5. The Kier molecular flexibility index (Phi) is 9.84. The molecular formula is C28H35N3O4S. The van der Waals surface area contributed by atoms with Gasteiger partial charge in [0.25, 0.3) is 0 Å². The van der Waals surface area contributed by atoms with E-state index < -0.39 is 5.97 Å². The number of anilines is 1. The third kappa shape index (κ3) is 7.35. The number of piperidine rings is 1. The first kappa shape index (κ1) is 26.3. The maximum Gasteiger partial charge on any atom is 0.335 e. The van der Waals surface area contributed by atoms with Crippen LogP contribution < -0.4 is 4.90 Å². The fourth-order valence-electron chi connectivity index (χ4n) is 4.44. The van der Waals surface area contributed by atoms with Crippen molar-refractivity contribution in [2.45, 2.75) is 51.0 Å². The lowest BCUT2D eigenvalue weighted by atomic mass is 10.1. The van der Waals surface area contributed by atoms with Gasteiger partial charge in [-0.05, 0) is 62.1 Å². The molecule has 192 valence electrons. The van der Waals surface area contributed by atoms with Crippen LogP contribution in [0, 0.1) is 0 Å². The molecule has 0 atom stereocenters. The number of carboxylic acids is 1. The maximum atomic E-state index is 11.1. The van der Waals surface area contributed by atoms with Crippen molar-refractivity contribution < 1.29 is 19.4 Å². The van der Waals surface area contributed by atoms with Crippen molar-refractivity contribution in [2.75, 3.05) is 38.3 Å². The Morgan fingerprint density at radius 3 is 2.03 bits per heavy atom. The topological polar surface area (TPSA) is 84.8 Å². The standard InChI is InChI=1S/C28H35N3O4S/c1-34-19-5-3-2-4-6-20-35-25-15-17-31(18-16-25)24-13-11-22(12-14-24)27-30-29-26(36-27)21-7-9-23(10-8-21)28(32)33/h7-14,25H,2-6,15-20H2,1H3,(H,32,33). The van der Waals surface area contributed by atoms with Gasteiger partial charge in [0.15, 0.2) is 0 Å². The van der Waals surface area contributed by atoms with E-state index in [-0.39, 0.29) is 5.56 Å². The number of unbranched alkanes of at least 4 members (excludes halogenated alkanes) is 4. The summed E-state index contributed by atoms with van der Waals surface area (Å²) < 4.78 is 11.2. The fraction of sp³-hybridized carbons (Fsp3) is 0.464. The van der Waals surface area contributed by atoms with Crippen LogP contribution in [0.1, 0.15) is 55.3 Å². The highest BCUT2D eigenvalue weighted by Gasteiger charge is 2.20. The van der Waals surface area contributed by atoms with E-state index in [2.05, 4.69) is 39.4 Å². The van der Waals surface area contributed by atoms with Crippen molar-refractivity contribution in [3.05, 3.63) is 54.1 Å². The first-order valence-electron chi connectivity index (χ1n) is 12.8. The predicted octanol–water partition coefficient (Wildman–Crippen LogP) is 6.15. The number of methoxy groups -OCH3 is 1. The molecule has 0 saturated carbocycles. The molecule has 1 N–H and O–H groups in total. The second-order valence-electron chi connectivity index (χ2n) is 9.16. The zero-order valence-corrected chi connectivity index (χ0v) is 21.7. The Balaban J connectivity index is 1.21. The van der Waals surface area contributed by atoms with Gasteiger partial charge >= 0.3 is 5.97 Å². The van der Waals surface area contributed by atoms with Gasteiger partial charge in [0.05, 0.1) is 11.7 Å². The van der Waals surface area contributed by atoms with E-state index in [1.54, 1.807) is 31.4 Å². The lowest BCUT2D eigenvalue weighted by Gasteiger charge is -2.33. The van der Waals surface area contributed by atoms with E-state index in [9.17, 15) is 4.79 Å². The summed E-state index contributed by atoms with van der Waals surface area (Å²) in [6.07, 6.45) is 8.55. The molecule has 1 aliphatic heterocycles. The van der Waals surface area contributed by atoms with Gasteiger partial charge in [0.2, 0.25) is 0 Å². The van der Waals surface area contributed by atoms with Crippen molar-refractivity contribution in [2.24, 2.45) is 0 Å². The van der Waals surface area contributed by atoms with Crippen LogP contribution in [0.2, 0.25) is 0 Å². The van der Waals surface area contributed by atoms with Gasteiger partial charge < -0.3 is 19.5 Å². The lowest BCUT2D eigenvalue weighted by molar-refractivity contribution is 0.0347. The number of carbonyl (C=O) groups is 1. The number of hydrogen-bond acceptors (Lipinski definition) is 7. The van der Waals surface area contributed by atoms with Crippen molar-refractivity contribution >= 4 is 23.0 Å². The molecule has 1 fully saturated rings. The number of rotatable bonds is 13. The van der Waals surface area contributed by atoms with E-state index >= 15 is 0 Å². The Labute approximate surface area is 217 Å². The number of aromatic carboxylic acids is 1. The van der Waals surface area contributed by atoms with Crippen LogP contribution in [-0.2, 0) is 9.47 Å². The van der Waals surface area contributed by atoms with Crippen LogP contribution in [0.5, 0.6) is 0 Å². The average molecular weight is 510 g/mol. The molecular weight excluding hydrogens is 474 g/mol. The van der Waals surface area contributed by atoms with Crippen LogP contribution in [-0.4, -0.2) is 60.8 Å². The molecule has 0 amide bonds. The first-order valence-corrected chi connectivity index (χ1v) is 13.6. The Morgan fingerprint density at radius 2 is 1.44 bits per heavy atom. The average Bonchev–Trinajstić information content (AvgIpc) is 3.41. The summed E-state index contributed by atoms with van der Waals surface area (Å²) in [5.41, 5.74) is 3.39.